The van der Waals surface area contributed by atoms with E-state index < -0.39 is 0 Å². The SMILES string of the molecule is CC1C(OCc2ccccc2)C2N(C)C(=O)CC[C@]2(C)[C@@H]2CC[C@]3(C)CCC[C@H]3[C@H]12. The van der Waals surface area contributed by atoms with Gasteiger partial charge in [-0.3, -0.25) is 4.79 Å². The Balaban J connectivity index is 1.51. The second kappa shape index (κ2) is 7.36. The molecule has 30 heavy (non-hydrogen) atoms. The van der Waals surface area contributed by atoms with Crippen LogP contribution in [0.15, 0.2) is 30.3 Å². The smallest absolute Gasteiger partial charge is 0.222 e. The van der Waals surface area contributed by atoms with E-state index in [1.54, 1.807) is 0 Å². The predicted molar refractivity (Wildman–Crippen MR) is 120 cm³/mol. The van der Waals surface area contributed by atoms with Gasteiger partial charge in [0.05, 0.1) is 18.8 Å². The normalized spacial score (nSPS) is 45.6. The third-order valence-corrected chi connectivity index (χ3v) is 10.0. The van der Waals surface area contributed by atoms with E-state index in [0.717, 1.165) is 24.2 Å². The lowest BCUT2D eigenvalue weighted by atomic mass is 9.44. The molecule has 4 fully saturated rings. The first-order valence-corrected chi connectivity index (χ1v) is 12.3. The molecular formula is C27H39NO2. The summed E-state index contributed by atoms with van der Waals surface area (Å²) in [5.74, 6) is 3.08. The summed E-state index contributed by atoms with van der Waals surface area (Å²) in [4.78, 5) is 14.9. The monoisotopic (exact) mass is 409 g/mol. The standard InChI is InChI=1S/C27H39NO2/c1-18-23-20-11-8-14-26(20,2)15-12-21(23)27(3)16-13-22(29)28(4)25(27)24(18)30-17-19-9-6-5-7-10-19/h5-7,9-10,18,20-21,23-25H,8,11-17H2,1-4H3/t18?,20-,21+,23-,24?,25?,26-,27+/m0/s1. The van der Waals surface area contributed by atoms with Crippen LogP contribution in [0.25, 0.3) is 0 Å². The topological polar surface area (TPSA) is 29.5 Å². The molecule has 5 rings (SSSR count). The Kier molecular flexibility index (Phi) is 5.04. The van der Waals surface area contributed by atoms with Crippen molar-refractivity contribution in [3.8, 4) is 0 Å². The van der Waals surface area contributed by atoms with Crippen LogP contribution in [0, 0.1) is 34.5 Å². The van der Waals surface area contributed by atoms with Gasteiger partial charge in [-0.05, 0) is 72.2 Å². The number of hydrogen-bond acceptors (Lipinski definition) is 2. The van der Waals surface area contributed by atoms with Crippen LogP contribution in [0.5, 0.6) is 0 Å². The van der Waals surface area contributed by atoms with Gasteiger partial charge in [0.25, 0.3) is 0 Å². The van der Waals surface area contributed by atoms with Crippen molar-refractivity contribution in [3.05, 3.63) is 35.9 Å². The van der Waals surface area contributed by atoms with E-state index in [1.165, 1.54) is 37.7 Å². The van der Waals surface area contributed by atoms with Crippen molar-refractivity contribution in [3.63, 3.8) is 0 Å². The molecule has 1 aromatic rings. The van der Waals surface area contributed by atoms with Crippen LogP contribution in [0.3, 0.4) is 0 Å². The van der Waals surface area contributed by atoms with Crippen molar-refractivity contribution >= 4 is 5.91 Å². The Morgan fingerprint density at radius 3 is 2.60 bits per heavy atom. The number of piperidine rings is 1. The van der Waals surface area contributed by atoms with Crippen LogP contribution >= 0.6 is 0 Å². The molecule has 3 unspecified atom stereocenters. The van der Waals surface area contributed by atoms with Crippen molar-refractivity contribution in [1.29, 1.82) is 0 Å². The molecule has 0 aromatic heterocycles. The molecule has 0 bridgehead atoms. The molecule has 1 aromatic carbocycles. The summed E-state index contributed by atoms with van der Waals surface area (Å²) in [6.07, 6.45) is 8.76. The van der Waals surface area contributed by atoms with Gasteiger partial charge in [0.15, 0.2) is 0 Å². The maximum atomic E-state index is 12.8. The molecule has 0 N–H and O–H groups in total. The lowest BCUT2D eigenvalue weighted by molar-refractivity contribution is -0.210. The van der Waals surface area contributed by atoms with Gasteiger partial charge in [0, 0.05) is 13.5 Å². The van der Waals surface area contributed by atoms with Crippen molar-refractivity contribution < 1.29 is 9.53 Å². The van der Waals surface area contributed by atoms with E-state index >= 15 is 0 Å². The second-order valence-electron chi connectivity index (χ2n) is 11.5. The quantitative estimate of drug-likeness (QED) is 0.643. The number of carbonyl (C=O) groups is 1. The van der Waals surface area contributed by atoms with E-state index in [0.29, 0.717) is 30.3 Å². The Bertz CT molecular complexity index is 793. The van der Waals surface area contributed by atoms with E-state index in [-0.39, 0.29) is 17.6 Å². The van der Waals surface area contributed by atoms with Crippen LogP contribution in [0.1, 0.15) is 71.3 Å². The number of nitrogens with zero attached hydrogens (tertiary/aromatic N) is 1. The van der Waals surface area contributed by atoms with Crippen molar-refractivity contribution in [2.24, 2.45) is 34.5 Å². The summed E-state index contributed by atoms with van der Waals surface area (Å²) in [6.45, 7) is 8.16. The molecule has 3 nitrogen and oxygen atoms in total. The van der Waals surface area contributed by atoms with E-state index in [2.05, 4.69) is 56.0 Å². The molecule has 3 aliphatic carbocycles. The number of rotatable bonds is 3. The zero-order valence-corrected chi connectivity index (χ0v) is 19.3. The Morgan fingerprint density at radius 2 is 1.83 bits per heavy atom. The van der Waals surface area contributed by atoms with Gasteiger partial charge in [0.1, 0.15) is 0 Å². The summed E-state index contributed by atoms with van der Waals surface area (Å²) in [5.41, 5.74) is 1.93. The number of carbonyl (C=O) groups excluding carboxylic acids is 1. The van der Waals surface area contributed by atoms with Crippen LogP contribution in [0.2, 0.25) is 0 Å². The third-order valence-electron chi connectivity index (χ3n) is 10.0. The van der Waals surface area contributed by atoms with Gasteiger partial charge >= 0.3 is 0 Å². The highest BCUT2D eigenvalue weighted by atomic mass is 16.5. The average Bonchev–Trinajstić information content (AvgIpc) is 3.14. The van der Waals surface area contributed by atoms with Crippen molar-refractivity contribution in [2.45, 2.75) is 84.5 Å². The fourth-order valence-corrected chi connectivity index (χ4v) is 8.50. The van der Waals surface area contributed by atoms with Crippen LogP contribution in [-0.2, 0) is 16.1 Å². The zero-order valence-electron chi connectivity index (χ0n) is 19.3. The first-order valence-electron chi connectivity index (χ1n) is 12.3. The molecule has 4 aliphatic rings. The third kappa shape index (κ3) is 2.98. The number of hydrogen-bond donors (Lipinski definition) is 0. The molecule has 0 radical (unpaired) electrons. The van der Waals surface area contributed by atoms with E-state index in [9.17, 15) is 4.79 Å². The summed E-state index contributed by atoms with van der Waals surface area (Å²) >= 11 is 0. The highest BCUT2D eigenvalue weighted by Gasteiger charge is 2.64. The molecule has 3 heteroatoms. The number of ether oxygens (including phenoxy) is 1. The fourth-order valence-electron chi connectivity index (χ4n) is 8.50. The van der Waals surface area contributed by atoms with Gasteiger partial charge < -0.3 is 9.64 Å². The summed E-state index contributed by atoms with van der Waals surface area (Å²) in [6, 6.07) is 10.7. The maximum Gasteiger partial charge on any atom is 0.222 e. The minimum atomic E-state index is 0.119. The lowest BCUT2D eigenvalue weighted by Crippen LogP contribution is -2.69. The highest BCUT2D eigenvalue weighted by Crippen LogP contribution is 2.66. The van der Waals surface area contributed by atoms with Gasteiger partial charge in [-0.15, -0.1) is 0 Å². The Morgan fingerprint density at radius 1 is 1.07 bits per heavy atom. The fraction of sp³-hybridized carbons (Fsp3) is 0.741. The summed E-state index contributed by atoms with van der Waals surface area (Å²) < 4.78 is 6.77. The van der Waals surface area contributed by atoms with Crippen LogP contribution < -0.4 is 0 Å². The molecule has 164 valence electrons. The predicted octanol–water partition coefficient (Wildman–Crippen LogP) is 5.68. The van der Waals surface area contributed by atoms with Crippen LogP contribution in [0.4, 0.5) is 0 Å². The summed E-state index contributed by atoms with van der Waals surface area (Å²) in [7, 11) is 2.04. The largest absolute Gasteiger partial charge is 0.371 e. The lowest BCUT2D eigenvalue weighted by Gasteiger charge is -2.65. The van der Waals surface area contributed by atoms with Crippen molar-refractivity contribution in [1.82, 2.24) is 4.90 Å². The van der Waals surface area contributed by atoms with Gasteiger partial charge in [0.2, 0.25) is 5.91 Å². The molecule has 0 spiro atoms. The molecule has 1 aliphatic heterocycles. The minimum Gasteiger partial charge on any atom is -0.371 e. The molecule has 8 atom stereocenters. The van der Waals surface area contributed by atoms with Gasteiger partial charge in [-0.25, -0.2) is 0 Å². The summed E-state index contributed by atoms with van der Waals surface area (Å²) in [5, 5.41) is 0. The number of likely N-dealkylation sites (tertiary alicyclic amines) is 1. The molecule has 1 saturated heterocycles. The van der Waals surface area contributed by atoms with E-state index in [1.807, 2.05) is 7.05 Å². The molecular weight excluding hydrogens is 370 g/mol. The number of benzene rings is 1. The average molecular weight is 410 g/mol. The van der Waals surface area contributed by atoms with Gasteiger partial charge in [-0.2, -0.15) is 0 Å². The Labute approximate surface area is 182 Å². The van der Waals surface area contributed by atoms with E-state index in [4.69, 9.17) is 4.74 Å². The first kappa shape index (κ1) is 20.5. The highest BCUT2D eigenvalue weighted by molar-refractivity contribution is 5.77. The first-order chi connectivity index (χ1) is 14.3. The zero-order chi connectivity index (χ0) is 21.1. The second-order valence-corrected chi connectivity index (χ2v) is 11.5. The molecule has 1 heterocycles. The Hall–Kier alpha value is -1.35. The molecule has 3 saturated carbocycles. The number of amides is 1. The van der Waals surface area contributed by atoms with Gasteiger partial charge in [-0.1, -0.05) is 57.5 Å². The van der Waals surface area contributed by atoms with Crippen LogP contribution in [-0.4, -0.2) is 30.0 Å². The number of fused-ring (bicyclic) bond motifs is 5. The molecule has 1 amide bonds. The minimum absolute atomic E-state index is 0.119. The maximum absolute atomic E-state index is 12.8. The number of likely N-dealkylation sites (N-methyl/N-ethyl adjacent to an activating group) is 1. The van der Waals surface area contributed by atoms with Crippen molar-refractivity contribution in [2.75, 3.05) is 7.05 Å².